The van der Waals surface area contributed by atoms with Crippen molar-refractivity contribution in [3.05, 3.63) is 18.2 Å². The van der Waals surface area contributed by atoms with Crippen molar-refractivity contribution >= 4 is 12.6 Å². The van der Waals surface area contributed by atoms with Gasteiger partial charge >= 0.3 is 7.12 Å². The van der Waals surface area contributed by atoms with Crippen molar-refractivity contribution in [2.45, 2.75) is 45.8 Å². The van der Waals surface area contributed by atoms with E-state index in [0.29, 0.717) is 6.61 Å². The Morgan fingerprint density at radius 2 is 1.70 bits per heavy atom. The Balaban J connectivity index is 2.30. The Labute approximate surface area is 121 Å². The van der Waals surface area contributed by atoms with E-state index in [1.807, 2.05) is 52.8 Å². The molecular weight excluding hydrogens is 255 g/mol. The molecule has 0 bridgehead atoms. The Kier molecular flexibility index (Phi) is 4.03. The van der Waals surface area contributed by atoms with Crippen LogP contribution in [0.15, 0.2) is 18.2 Å². The molecule has 0 N–H and O–H groups in total. The van der Waals surface area contributed by atoms with Crippen molar-refractivity contribution in [1.29, 1.82) is 0 Å². The van der Waals surface area contributed by atoms with Crippen LogP contribution in [0.4, 0.5) is 0 Å². The number of hydrogen-bond acceptors (Lipinski definition) is 4. The van der Waals surface area contributed by atoms with Crippen LogP contribution in [-0.4, -0.2) is 32.0 Å². The number of benzene rings is 1. The standard InChI is InChI=1S/C15H23BO4/c1-7-18-11-8-9-12(13(10-11)17-6)16-19-14(2,3)15(4,5)20-16/h8-10H,7H2,1-6H3. The van der Waals surface area contributed by atoms with E-state index in [1.165, 1.54) is 0 Å². The van der Waals surface area contributed by atoms with E-state index in [2.05, 4.69) is 0 Å². The molecule has 2 rings (SSSR count). The van der Waals surface area contributed by atoms with Gasteiger partial charge in [-0.3, -0.25) is 0 Å². The SMILES string of the molecule is CCOc1ccc(B2OC(C)(C)C(C)(C)O2)c(OC)c1. The zero-order valence-electron chi connectivity index (χ0n) is 13.1. The maximum absolute atomic E-state index is 6.05. The average molecular weight is 278 g/mol. The van der Waals surface area contributed by atoms with Crippen LogP contribution in [0.25, 0.3) is 0 Å². The summed E-state index contributed by atoms with van der Waals surface area (Å²) < 4.78 is 23.0. The summed E-state index contributed by atoms with van der Waals surface area (Å²) in [6, 6.07) is 5.71. The van der Waals surface area contributed by atoms with Gasteiger partial charge in [0, 0.05) is 11.5 Å². The predicted molar refractivity (Wildman–Crippen MR) is 79.9 cm³/mol. The molecule has 4 nitrogen and oxygen atoms in total. The van der Waals surface area contributed by atoms with Gasteiger partial charge in [0.15, 0.2) is 0 Å². The van der Waals surface area contributed by atoms with Gasteiger partial charge in [0.05, 0.1) is 24.9 Å². The van der Waals surface area contributed by atoms with Crippen LogP contribution in [0.1, 0.15) is 34.6 Å². The average Bonchev–Trinajstić information content (AvgIpc) is 2.58. The minimum Gasteiger partial charge on any atom is -0.497 e. The van der Waals surface area contributed by atoms with Crippen molar-refractivity contribution in [1.82, 2.24) is 0 Å². The minimum absolute atomic E-state index is 0.360. The van der Waals surface area contributed by atoms with Gasteiger partial charge in [0.2, 0.25) is 0 Å². The maximum Gasteiger partial charge on any atom is 0.498 e. The third-order valence-electron chi connectivity index (χ3n) is 4.02. The summed E-state index contributed by atoms with van der Waals surface area (Å²) in [7, 11) is 1.21. The van der Waals surface area contributed by atoms with Crippen LogP contribution < -0.4 is 14.9 Å². The summed E-state index contributed by atoms with van der Waals surface area (Å²) in [5.74, 6) is 1.50. The zero-order valence-corrected chi connectivity index (χ0v) is 13.1. The van der Waals surface area contributed by atoms with Gasteiger partial charge in [-0.2, -0.15) is 0 Å². The molecule has 1 saturated heterocycles. The van der Waals surface area contributed by atoms with Crippen LogP contribution in [0.5, 0.6) is 11.5 Å². The van der Waals surface area contributed by atoms with E-state index in [0.717, 1.165) is 17.0 Å². The molecule has 20 heavy (non-hydrogen) atoms. The molecule has 1 aliphatic heterocycles. The molecule has 1 fully saturated rings. The first-order valence-corrected chi connectivity index (χ1v) is 6.97. The molecule has 0 unspecified atom stereocenters. The maximum atomic E-state index is 6.05. The van der Waals surface area contributed by atoms with Crippen molar-refractivity contribution < 1.29 is 18.8 Å². The Hall–Kier alpha value is -1.20. The van der Waals surface area contributed by atoms with E-state index >= 15 is 0 Å². The summed E-state index contributed by atoms with van der Waals surface area (Å²) in [5, 5.41) is 0. The fourth-order valence-corrected chi connectivity index (χ4v) is 2.11. The molecule has 0 saturated carbocycles. The lowest BCUT2D eigenvalue weighted by molar-refractivity contribution is 0.00578. The van der Waals surface area contributed by atoms with Crippen LogP contribution in [0.3, 0.4) is 0 Å². The third-order valence-corrected chi connectivity index (χ3v) is 4.02. The Morgan fingerprint density at radius 3 is 2.20 bits per heavy atom. The highest BCUT2D eigenvalue weighted by molar-refractivity contribution is 6.63. The highest BCUT2D eigenvalue weighted by Gasteiger charge is 2.52. The summed E-state index contributed by atoms with van der Waals surface area (Å²) in [6.45, 7) is 10.7. The lowest BCUT2D eigenvalue weighted by Gasteiger charge is -2.32. The van der Waals surface area contributed by atoms with Gasteiger partial charge in [0.25, 0.3) is 0 Å². The predicted octanol–water partition coefficient (Wildman–Crippen LogP) is 2.39. The van der Waals surface area contributed by atoms with Crippen LogP contribution in [0, 0.1) is 0 Å². The Bertz CT molecular complexity index is 469. The molecule has 1 aromatic rings. The molecular formula is C15H23BO4. The smallest absolute Gasteiger partial charge is 0.497 e. The number of hydrogen-bond donors (Lipinski definition) is 0. The minimum atomic E-state index is -0.425. The molecule has 0 amide bonds. The van der Waals surface area contributed by atoms with E-state index < -0.39 is 7.12 Å². The van der Waals surface area contributed by atoms with E-state index in [-0.39, 0.29) is 11.2 Å². The van der Waals surface area contributed by atoms with E-state index in [4.69, 9.17) is 18.8 Å². The van der Waals surface area contributed by atoms with Gasteiger partial charge in [0.1, 0.15) is 11.5 Å². The quantitative estimate of drug-likeness (QED) is 0.792. The fraction of sp³-hybridized carbons (Fsp3) is 0.600. The molecule has 110 valence electrons. The molecule has 0 spiro atoms. The second-order valence-corrected chi connectivity index (χ2v) is 5.93. The molecule has 1 heterocycles. The second kappa shape index (κ2) is 5.30. The van der Waals surface area contributed by atoms with Crippen molar-refractivity contribution in [3.63, 3.8) is 0 Å². The number of methoxy groups -OCH3 is 1. The molecule has 0 aliphatic carbocycles. The van der Waals surface area contributed by atoms with Gasteiger partial charge in [-0.1, -0.05) is 6.07 Å². The first-order valence-electron chi connectivity index (χ1n) is 6.97. The summed E-state index contributed by atoms with van der Waals surface area (Å²) in [4.78, 5) is 0. The second-order valence-electron chi connectivity index (χ2n) is 5.93. The highest BCUT2D eigenvalue weighted by Crippen LogP contribution is 2.37. The molecule has 0 radical (unpaired) electrons. The van der Waals surface area contributed by atoms with Crippen LogP contribution >= 0.6 is 0 Å². The largest absolute Gasteiger partial charge is 0.498 e. The van der Waals surface area contributed by atoms with Crippen molar-refractivity contribution in [2.75, 3.05) is 13.7 Å². The first kappa shape index (κ1) is 15.2. The van der Waals surface area contributed by atoms with Crippen LogP contribution in [0.2, 0.25) is 0 Å². The lowest BCUT2D eigenvalue weighted by atomic mass is 9.78. The van der Waals surface area contributed by atoms with Crippen molar-refractivity contribution in [2.24, 2.45) is 0 Å². The lowest BCUT2D eigenvalue weighted by Crippen LogP contribution is -2.41. The monoisotopic (exact) mass is 278 g/mol. The summed E-state index contributed by atoms with van der Waals surface area (Å²) >= 11 is 0. The molecule has 0 aromatic heterocycles. The number of rotatable bonds is 4. The van der Waals surface area contributed by atoms with Crippen LogP contribution in [-0.2, 0) is 9.31 Å². The highest BCUT2D eigenvalue weighted by atomic mass is 16.7. The molecule has 5 heteroatoms. The van der Waals surface area contributed by atoms with E-state index in [1.54, 1.807) is 7.11 Å². The van der Waals surface area contributed by atoms with Gasteiger partial charge < -0.3 is 18.8 Å². The molecule has 1 aliphatic rings. The van der Waals surface area contributed by atoms with Gasteiger partial charge in [-0.25, -0.2) is 0 Å². The number of ether oxygens (including phenoxy) is 2. The normalized spacial score (nSPS) is 20.0. The Morgan fingerprint density at radius 1 is 1.10 bits per heavy atom. The topological polar surface area (TPSA) is 36.9 Å². The van der Waals surface area contributed by atoms with E-state index in [9.17, 15) is 0 Å². The third kappa shape index (κ3) is 2.65. The molecule has 0 atom stereocenters. The van der Waals surface area contributed by atoms with Gasteiger partial charge in [-0.15, -0.1) is 0 Å². The summed E-state index contributed by atoms with van der Waals surface area (Å²) in [5.41, 5.74) is 0.164. The zero-order chi connectivity index (χ0) is 15.0. The first-order chi connectivity index (χ1) is 9.30. The van der Waals surface area contributed by atoms with Crippen molar-refractivity contribution in [3.8, 4) is 11.5 Å². The molecule has 1 aromatic carbocycles. The summed E-state index contributed by atoms with van der Waals surface area (Å²) in [6.07, 6.45) is 0. The van der Waals surface area contributed by atoms with Gasteiger partial charge in [-0.05, 0) is 40.7 Å². The fourth-order valence-electron chi connectivity index (χ4n) is 2.11.